The first kappa shape index (κ1) is 18.8. The number of ether oxygens (including phenoxy) is 1. The van der Waals surface area contributed by atoms with Crippen molar-refractivity contribution in [2.75, 3.05) is 7.11 Å². The summed E-state index contributed by atoms with van der Waals surface area (Å²) in [7, 11) is 1.42. The quantitative estimate of drug-likeness (QED) is 0.365. The Balaban J connectivity index is 0. The van der Waals surface area contributed by atoms with Gasteiger partial charge in [0.15, 0.2) is 6.04 Å². The van der Waals surface area contributed by atoms with Crippen LogP contribution in [0.15, 0.2) is 0 Å². The maximum atomic E-state index is 11.1. The minimum Gasteiger partial charge on any atom is -0.465 e. The highest BCUT2D eigenvalue weighted by atomic mass is 16.5. The molecule has 0 rings (SSSR count). The predicted octanol–water partition coefficient (Wildman–Crippen LogP) is 2.75. The fourth-order valence-electron chi connectivity index (χ4n) is 1.81. The van der Waals surface area contributed by atoms with Gasteiger partial charge in [-0.05, 0) is 6.42 Å². The summed E-state index contributed by atoms with van der Waals surface area (Å²) in [6.45, 7) is 2.24. The second-order valence-electron chi connectivity index (χ2n) is 4.48. The van der Waals surface area contributed by atoms with Gasteiger partial charge in [-0.15, -0.1) is 0 Å². The fourth-order valence-corrected chi connectivity index (χ4v) is 1.81. The standard InChI is InChI=1S/C13H27NO2.CH3/c1-3-4-5-6-7-8-9-10-11-12(14)13(15)16-2;/h12H,3-11,14H2,1-2H3;1H3/q;-1/p+1. The molecule has 0 saturated heterocycles. The first-order valence-corrected chi connectivity index (χ1v) is 6.63. The Morgan fingerprint density at radius 2 is 1.53 bits per heavy atom. The Hall–Kier alpha value is -0.570. The van der Waals surface area contributed by atoms with Gasteiger partial charge in [0, 0.05) is 6.42 Å². The lowest BCUT2D eigenvalue weighted by molar-refractivity contribution is -0.409. The third-order valence-electron chi connectivity index (χ3n) is 2.94. The highest BCUT2D eigenvalue weighted by Crippen LogP contribution is 2.10. The molecule has 0 aliphatic rings. The van der Waals surface area contributed by atoms with E-state index in [1.807, 2.05) is 0 Å². The largest absolute Gasteiger partial charge is 0.465 e. The minimum atomic E-state index is -0.178. The number of rotatable bonds is 10. The number of carbonyl (C=O) groups excluding carboxylic acids is 1. The Morgan fingerprint density at radius 1 is 1.06 bits per heavy atom. The van der Waals surface area contributed by atoms with Gasteiger partial charge in [0.25, 0.3) is 0 Å². The molecule has 0 saturated carbocycles. The molecule has 3 nitrogen and oxygen atoms in total. The summed E-state index contributed by atoms with van der Waals surface area (Å²) < 4.78 is 4.63. The van der Waals surface area contributed by atoms with E-state index >= 15 is 0 Å². The van der Waals surface area contributed by atoms with E-state index in [1.165, 1.54) is 52.1 Å². The molecule has 0 radical (unpaired) electrons. The molecule has 0 amide bonds. The maximum Gasteiger partial charge on any atom is 0.364 e. The summed E-state index contributed by atoms with van der Waals surface area (Å²) >= 11 is 0. The van der Waals surface area contributed by atoms with E-state index in [9.17, 15) is 4.79 Å². The molecule has 104 valence electrons. The van der Waals surface area contributed by atoms with Gasteiger partial charge in [-0.25, -0.2) is 4.79 Å². The van der Waals surface area contributed by atoms with Crippen molar-refractivity contribution in [3.63, 3.8) is 0 Å². The predicted molar refractivity (Wildman–Crippen MR) is 72.3 cm³/mol. The van der Waals surface area contributed by atoms with Crippen LogP contribution in [0.2, 0.25) is 0 Å². The minimum absolute atomic E-state index is 0. The molecule has 0 heterocycles. The van der Waals surface area contributed by atoms with Gasteiger partial charge in [-0.3, -0.25) is 0 Å². The van der Waals surface area contributed by atoms with Crippen LogP contribution < -0.4 is 5.73 Å². The maximum absolute atomic E-state index is 11.1. The van der Waals surface area contributed by atoms with E-state index < -0.39 is 0 Å². The third-order valence-corrected chi connectivity index (χ3v) is 2.94. The van der Waals surface area contributed by atoms with Crippen molar-refractivity contribution in [1.29, 1.82) is 0 Å². The monoisotopic (exact) mass is 245 g/mol. The number of esters is 1. The van der Waals surface area contributed by atoms with Crippen molar-refractivity contribution in [3.8, 4) is 0 Å². The first-order chi connectivity index (χ1) is 7.72. The highest BCUT2D eigenvalue weighted by molar-refractivity contribution is 5.73. The van der Waals surface area contributed by atoms with Crippen LogP contribution in [0, 0.1) is 7.43 Å². The number of quaternary nitrogens is 1. The first-order valence-electron chi connectivity index (χ1n) is 6.63. The molecule has 3 N–H and O–H groups in total. The third kappa shape index (κ3) is 11.7. The molecule has 1 unspecified atom stereocenters. The van der Waals surface area contributed by atoms with Crippen molar-refractivity contribution >= 4 is 5.97 Å². The second-order valence-corrected chi connectivity index (χ2v) is 4.48. The molecule has 0 aliphatic carbocycles. The fraction of sp³-hybridized carbons (Fsp3) is 0.857. The smallest absolute Gasteiger partial charge is 0.364 e. The molecule has 0 aliphatic heterocycles. The summed E-state index contributed by atoms with van der Waals surface area (Å²) in [6, 6.07) is -0.176. The van der Waals surface area contributed by atoms with Crippen LogP contribution in [-0.2, 0) is 9.53 Å². The molecular weight excluding hydrogens is 214 g/mol. The average Bonchev–Trinajstić information content (AvgIpc) is 2.31. The summed E-state index contributed by atoms with van der Waals surface area (Å²) in [4.78, 5) is 11.1. The van der Waals surface area contributed by atoms with Crippen molar-refractivity contribution in [3.05, 3.63) is 7.43 Å². The number of carbonyl (C=O) groups is 1. The number of methoxy groups -OCH3 is 1. The summed E-state index contributed by atoms with van der Waals surface area (Å²) in [5, 5.41) is 0. The zero-order chi connectivity index (χ0) is 12.2. The van der Waals surface area contributed by atoms with Crippen LogP contribution in [0.4, 0.5) is 0 Å². The molecular formula is C14H31NO2. The zero-order valence-corrected chi connectivity index (χ0v) is 12.0. The Kier molecular flexibility index (Phi) is 14.9. The van der Waals surface area contributed by atoms with E-state index in [-0.39, 0.29) is 19.4 Å². The molecule has 0 aromatic carbocycles. The summed E-state index contributed by atoms with van der Waals surface area (Å²) in [5.41, 5.74) is 3.79. The SMILES string of the molecule is CCCCCCCCCCC([NH3+])C(=O)OC.[CH3-]. The van der Waals surface area contributed by atoms with E-state index in [1.54, 1.807) is 0 Å². The lowest BCUT2D eigenvalue weighted by Crippen LogP contribution is -2.65. The lowest BCUT2D eigenvalue weighted by Gasteiger charge is -2.05. The van der Waals surface area contributed by atoms with Crippen LogP contribution in [0.3, 0.4) is 0 Å². The number of hydrogen-bond acceptors (Lipinski definition) is 2. The van der Waals surface area contributed by atoms with Gasteiger partial charge in [0.1, 0.15) is 0 Å². The average molecular weight is 245 g/mol. The molecule has 0 fully saturated rings. The molecule has 0 aromatic rings. The van der Waals surface area contributed by atoms with Crippen LogP contribution in [0.1, 0.15) is 64.7 Å². The van der Waals surface area contributed by atoms with E-state index in [4.69, 9.17) is 0 Å². The van der Waals surface area contributed by atoms with Gasteiger partial charge in [0.2, 0.25) is 0 Å². The Bertz CT molecular complexity index is 172. The topological polar surface area (TPSA) is 53.9 Å². The van der Waals surface area contributed by atoms with Gasteiger partial charge in [0.05, 0.1) is 7.11 Å². The normalized spacial score (nSPS) is 11.7. The molecule has 1 atom stereocenters. The number of hydrogen-bond donors (Lipinski definition) is 1. The lowest BCUT2D eigenvalue weighted by atomic mass is 10.1. The second kappa shape index (κ2) is 13.5. The zero-order valence-electron chi connectivity index (χ0n) is 12.0. The van der Waals surface area contributed by atoms with E-state index in [0.29, 0.717) is 0 Å². The molecule has 17 heavy (non-hydrogen) atoms. The van der Waals surface area contributed by atoms with Crippen molar-refractivity contribution in [2.45, 2.75) is 70.8 Å². The van der Waals surface area contributed by atoms with Gasteiger partial charge in [-0.1, -0.05) is 51.9 Å². The van der Waals surface area contributed by atoms with Crippen molar-refractivity contribution < 1.29 is 15.3 Å². The van der Waals surface area contributed by atoms with Crippen LogP contribution >= 0.6 is 0 Å². The van der Waals surface area contributed by atoms with Gasteiger partial charge in [-0.2, -0.15) is 0 Å². The van der Waals surface area contributed by atoms with Crippen LogP contribution in [-0.4, -0.2) is 19.1 Å². The molecule has 3 heteroatoms. The van der Waals surface area contributed by atoms with Crippen LogP contribution in [0.25, 0.3) is 0 Å². The number of unbranched alkanes of at least 4 members (excludes halogenated alkanes) is 7. The van der Waals surface area contributed by atoms with E-state index in [2.05, 4.69) is 17.4 Å². The molecule has 0 spiro atoms. The van der Waals surface area contributed by atoms with Gasteiger partial charge >= 0.3 is 5.97 Å². The van der Waals surface area contributed by atoms with E-state index in [0.717, 1.165) is 12.8 Å². The van der Waals surface area contributed by atoms with Crippen LogP contribution in [0.5, 0.6) is 0 Å². The highest BCUT2D eigenvalue weighted by Gasteiger charge is 2.16. The van der Waals surface area contributed by atoms with Crippen molar-refractivity contribution in [2.24, 2.45) is 0 Å². The molecule has 0 aromatic heterocycles. The molecule has 0 bridgehead atoms. The summed E-state index contributed by atoms with van der Waals surface area (Å²) in [5.74, 6) is -0.178. The Morgan fingerprint density at radius 3 is 2.00 bits per heavy atom. The Labute approximate surface area is 107 Å². The summed E-state index contributed by atoms with van der Waals surface area (Å²) in [6.07, 6.45) is 11.2. The van der Waals surface area contributed by atoms with Crippen molar-refractivity contribution in [1.82, 2.24) is 0 Å². The van der Waals surface area contributed by atoms with Gasteiger partial charge < -0.3 is 17.9 Å².